The van der Waals surface area contributed by atoms with E-state index in [9.17, 15) is 8.42 Å². The van der Waals surface area contributed by atoms with Crippen molar-refractivity contribution in [3.8, 4) is 0 Å². The number of piperidine rings is 1. The molecule has 0 radical (unpaired) electrons. The standard InChI is InChI=1S/C8H17NO2S.2C2H6/c1-3-8-4-6-9(7-5-8)12(2,10)11;2*1-2/h8H,3-7H2,1-2H3;2*1-2H3. The van der Waals surface area contributed by atoms with Crippen molar-refractivity contribution in [1.82, 2.24) is 4.31 Å². The third kappa shape index (κ3) is 7.23. The molecule has 0 bridgehead atoms. The Balaban J connectivity index is 0. The normalized spacial score (nSPS) is 17.9. The first kappa shape index (κ1) is 18.3. The van der Waals surface area contributed by atoms with Crippen molar-refractivity contribution < 1.29 is 8.42 Å². The molecule has 1 rings (SSSR count). The van der Waals surface area contributed by atoms with Crippen molar-refractivity contribution in [2.45, 2.75) is 53.9 Å². The van der Waals surface area contributed by atoms with Crippen LogP contribution in [-0.2, 0) is 10.0 Å². The highest BCUT2D eigenvalue weighted by molar-refractivity contribution is 7.88. The van der Waals surface area contributed by atoms with Crippen LogP contribution in [0, 0.1) is 5.92 Å². The van der Waals surface area contributed by atoms with Crippen molar-refractivity contribution in [3.05, 3.63) is 0 Å². The Morgan fingerprint density at radius 3 is 1.69 bits per heavy atom. The minimum absolute atomic E-state index is 0.720. The summed E-state index contributed by atoms with van der Waals surface area (Å²) < 4.78 is 23.8. The summed E-state index contributed by atoms with van der Waals surface area (Å²) in [6, 6.07) is 0. The van der Waals surface area contributed by atoms with Gasteiger partial charge in [0, 0.05) is 13.1 Å². The zero-order valence-corrected chi connectivity index (χ0v) is 12.6. The molecule has 0 unspecified atom stereocenters. The fraction of sp³-hybridized carbons (Fsp3) is 1.00. The molecule has 0 N–H and O–H groups in total. The molecule has 1 heterocycles. The summed E-state index contributed by atoms with van der Waals surface area (Å²) in [6.07, 6.45) is 4.53. The Morgan fingerprint density at radius 2 is 1.44 bits per heavy atom. The monoisotopic (exact) mass is 251 g/mol. The van der Waals surface area contributed by atoms with Gasteiger partial charge in [-0.05, 0) is 18.8 Å². The number of hydrogen-bond donors (Lipinski definition) is 0. The third-order valence-corrected chi connectivity index (χ3v) is 3.92. The van der Waals surface area contributed by atoms with E-state index in [4.69, 9.17) is 0 Å². The molecular formula is C12H29NO2S. The van der Waals surface area contributed by atoms with Crippen molar-refractivity contribution >= 4 is 10.0 Å². The Labute approximate surface area is 102 Å². The van der Waals surface area contributed by atoms with Crippen LogP contribution in [0.3, 0.4) is 0 Å². The van der Waals surface area contributed by atoms with Crippen LogP contribution >= 0.6 is 0 Å². The van der Waals surface area contributed by atoms with E-state index in [0.29, 0.717) is 0 Å². The van der Waals surface area contributed by atoms with Crippen LogP contribution in [0.1, 0.15) is 53.9 Å². The lowest BCUT2D eigenvalue weighted by Gasteiger charge is -2.29. The first-order chi connectivity index (χ1) is 7.54. The summed E-state index contributed by atoms with van der Waals surface area (Å²) in [5.41, 5.74) is 0. The van der Waals surface area contributed by atoms with Crippen molar-refractivity contribution in [1.29, 1.82) is 0 Å². The van der Waals surface area contributed by atoms with E-state index in [0.717, 1.165) is 31.8 Å². The van der Waals surface area contributed by atoms with Gasteiger partial charge in [-0.15, -0.1) is 0 Å². The van der Waals surface area contributed by atoms with Gasteiger partial charge >= 0.3 is 0 Å². The van der Waals surface area contributed by atoms with Gasteiger partial charge in [0.2, 0.25) is 10.0 Å². The number of sulfonamides is 1. The minimum Gasteiger partial charge on any atom is -0.213 e. The van der Waals surface area contributed by atoms with Gasteiger partial charge in [0.15, 0.2) is 0 Å². The van der Waals surface area contributed by atoms with E-state index in [1.165, 1.54) is 12.7 Å². The molecule has 16 heavy (non-hydrogen) atoms. The molecule has 100 valence electrons. The van der Waals surface area contributed by atoms with E-state index < -0.39 is 10.0 Å². The number of nitrogens with zero attached hydrogens (tertiary/aromatic N) is 1. The van der Waals surface area contributed by atoms with E-state index >= 15 is 0 Å². The van der Waals surface area contributed by atoms with Crippen LogP contribution in [0.5, 0.6) is 0 Å². The van der Waals surface area contributed by atoms with Crippen molar-refractivity contribution in [3.63, 3.8) is 0 Å². The Bertz CT molecular complexity index is 229. The van der Waals surface area contributed by atoms with Crippen molar-refractivity contribution in [2.24, 2.45) is 5.92 Å². The van der Waals surface area contributed by atoms with Gasteiger partial charge in [0.05, 0.1) is 6.26 Å². The third-order valence-electron chi connectivity index (χ3n) is 2.62. The van der Waals surface area contributed by atoms with Crippen LogP contribution in [0.15, 0.2) is 0 Å². The summed E-state index contributed by atoms with van der Waals surface area (Å²) >= 11 is 0. The second kappa shape index (κ2) is 10.1. The lowest BCUT2D eigenvalue weighted by molar-refractivity contribution is 0.270. The maximum atomic E-state index is 11.1. The first-order valence-corrected chi connectivity index (χ1v) is 8.34. The molecule has 3 nitrogen and oxygen atoms in total. The lowest BCUT2D eigenvalue weighted by Crippen LogP contribution is -2.37. The largest absolute Gasteiger partial charge is 0.213 e. The predicted octanol–water partition coefficient (Wildman–Crippen LogP) is 3.12. The molecule has 1 aliphatic heterocycles. The molecule has 0 aliphatic carbocycles. The topological polar surface area (TPSA) is 37.4 Å². The smallest absolute Gasteiger partial charge is 0.211 e. The molecule has 0 amide bonds. The summed E-state index contributed by atoms with van der Waals surface area (Å²) in [5, 5.41) is 0. The first-order valence-electron chi connectivity index (χ1n) is 6.49. The van der Waals surface area contributed by atoms with Gasteiger partial charge in [0.1, 0.15) is 0 Å². The Kier molecular flexibility index (Phi) is 11.5. The molecule has 0 aromatic carbocycles. The highest BCUT2D eigenvalue weighted by Crippen LogP contribution is 2.21. The van der Waals surface area contributed by atoms with Gasteiger partial charge in [-0.3, -0.25) is 0 Å². The van der Waals surface area contributed by atoms with Crippen LogP contribution in [-0.4, -0.2) is 32.1 Å². The van der Waals surface area contributed by atoms with E-state index in [2.05, 4.69) is 6.92 Å². The molecule has 0 atom stereocenters. The SMILES string of the molecule is CC.CC.CCC1CCN(S(C)(=O)=O)CC1. The average Bonchev–Trinajstić information content (AvgIpc) is 2.33. The van der Waals surface area contributed by atoms with Gasteiger partial charge in [-0.25, -0.2) is 12.7 Å². The van der Waals surface area contributed by atoms with Crippen molar-refractivity contribution in [2.75, 3.05) is 19.3 Å². The Hall–Kier alpha value is -0.0900. The fourth-order valence-electron chi connectivity index (χ4n) is 1.65. The maximum absolute atomic E-state index is 11.1. The lowest BCUT2D eigenvalue weighted by atomic mass is 9.96. The summed E-state index contributed by atoms with van der Waals surface area (Å²) in [4.78, 5) is 0. The molecule has 1 saturated heterocycles. The van der Waals surface area contributed by atoms with Crippen LogP contribution in [0.2, 0.25) is 0 Å². The van der Waals surface area contributed by atoms with Crippen LogP contribution in [0.25, 0.3) is 0 Å². The summed E-state index contributed by atoms with van der Waals surface area (Å²) in [5.74, 6) is 0.739. The quantitative estimate of drug-likeness (QED) is 0.756. The van der Waals surface area contributed by atoms with Gasteiger partial charge in [-0.1, -0.05) is 41.0 Å². The molecule has 0 aromatic heterocycles. The average molecular weight is 251 g/mol. The molecule has 0 spiro atoms. The second-order valence-electron chi connectivity index (χ2n) is 3.51. The molecular weight excluding hydrogens is 222 g/mol. The maximum Gasteiger partial charge on any atom is 0.211 e. The second-order valence-corrected chi connectivity index (χ2v) is 5.50. The number of rotatable bonds is 2. The zero-order valence-electron chi connectivity index (χ0n) is 11.8. The zero-order chi connectivity index (χ0) is 13.2. The van der Waals surface area contributed by atoms with Crippen LogP contribution < -0.4 is 0 Å². The van der Waals surface area contributed by atoms with Gasteiger partial charge in [0.25, 0.3) is 0 Å². The van der Waals surface area contributed by atoms with E-state index in [-0.39, 0.29) is 0 Å². The predicted molar refractivity (Wildman–Crippen MR) is 72.1 cm³/mol. The molecule has 0 aromatic rings. The van der Waals surface area contributed by atoms with E-state index in [1.54, 1.807) is 4.31 Å². The summed E-state index contributed by atoms with van der Waals surface area (Å²) in [7, 11) is -2.92. The Morgan fingerprint density at radius 1 is 1.06 bits per heavy atom. The molecule has 1 fully saturated rings. The van der Waals surface area contributed by atoms with Gasteiger partial charge in [-0.2, -0.15) is 0 Å². The van der Waals surface area contributed by atoms with Gasteiger partial charge < -0.3 is 0 Å². The highest BCUT2D eigenvalue weighted by Gasteiger charge is 2.23. The van der Waals surface area contributed by atoms with Crippen LogP contribution in [0.4, 0.5) is 0 Å². The fourth-order valence-corrected chi connectivity index (χ4v) is 2.52. The molecule has 1 aliphatic rings. The number of hydrogen-bond acceptors (Lipinski definition) is 2. The summed E-state index contributed by atoms with van der Waals surface area (Å²) in [6.45, 7) is 11.6. The van der Waals surface area contributed by atoms with E-state index in [1.807, 2.05) is 27.7 Å². The molecule has 0 saturated carbocycles. The molecule has 4 heteroatoms. The highest BCUT2D eigenvalue weighted by atomic mass is 32.2. The minimum atomic E-state index is -2.92.